The molecule has 4 nitrogen and oxygen atoms in total. The van der Waals surface area contributed by atoms with Crippen molar-refractivity contribution in [2.45, 2.75) is 45.8 Å². The van der Waals surface area contributed by atoms with Crippen LogP contribution in [0, 0.1) is 0 Å². The number of halogens is 1. The molecule has 0 atom stereocenters. The molecule has 0 aromatic heterocycles. The molecule has 0 radical (unpaired) electrons. The zero-order valence-electron chi connectivity index (χ0n) is 12.3. The number of rotatable bonds is 0. The minimum absolute atomic E-state index is 0.313. The van der Waals surface area contributed by atoms with Gasteiger partial charge in [-0.2, -0.15) is 0 Å². The molecule has 1 aromatic carbocycles. The van der Waals surface area contributed by atoms with Gasteiger partial charge in [-0.1, -0.05) is 15.9 Å². The number of ether oxygens (including phenoxy) is 1. The van der Waals surface area contributed by atoms with Crippen molar-refractivity contribution in [3.63, 3.8) is 0 Å². The van der Waals surface area contributed by atoms with Crippen LogP contribution in [0.2, 0.25) is 0 Å². The van der Waals surface area contributed by atoms with E-state index in [1.54, 1.807) is 32.9 Å². The highest BCUT2D eigenvalue weighted by atomic mass is 79.9. The van der Waals surface area contributed by atoms with Gasteiger partial charge in [0.25, 0.3) is 5.91 Å². The van der Waals surface area contributed by atoms with E-state index in [4.69, 9.17) is 4.74 Å². The van der Waals surface area contributed by atoms with Crippen LogP contribution in [-0.4, -0.2) is 22.5 Å². The van der Waals surface area contributed by atoms with Crippen LogP contribution >= 0.6 is 15.9 Å². The monoisotopic (exact) mass is 339 g/mol. The van der Waals surface area contributed by atoms with Gasteiger partial charge in [0, 0.05) is 10.0 Å². The van der Waals surface area contributed by atoms with Gasteiger partial charge in [-0.3, -0.25) is 4.79 Å². The summed E-state index contributed by atoms with van der Waals surface area (Å²) in [5, 5.41) is 0. The summed E-state index contributed by atoms with van der Waals surface area (Å²) in [6.07, 6.45) is -0.611. The van der Waals surface area contributed by atoms with Gasteiger partial charge in [0.2, 0.25) is 0 Å². The lowest BCUT2D eigenvalue weighted by atomic mass is 9.94. The highest BCUT2D eigenvalue weighted by Crippen LogP contribution is 2.40. The van der Waals surface area contributed by atoms with Crippen LogP contribution in [0.25, 0.3) is 0 Å². The van der Waals surface area contributed by atoms with Gasteiger partial charge < -0.3 is 4.74 Å². The fourth-order valence-corrected chi connectivity index (χ4v) is 2.68. The smallest absolute Gasteiger partial charge is 0.418 e. The van der Waals surface area contributed by atoms with Gasteiger partial charge >= 0.3 is 6.09 Å². The number of nitrogens with zero attached hydrogens (tertiary/aromatic N) is 1. The van der Waals surface area contributed by atoms with Crippen LogP contribution < -0.4 is 0 Å². The maximum atomic E-state index is 12.5. The van der Waals surface area contributed by atoms with Crippen molar-refractivity contribution in [2.24, 2.45) is 0 Å². The van der Waals surface area contributed by atoms with E-state index in [-0.39, 0.29) is 5.91 Å². The number of fused-ring (bicyclic) bond motifs is 1. The summed E-state index contributed by atoms with van der Waals surface area (Å²) in [5.41, 5.74) is 0.00761. The Labute approximate surface area is 127 Å². The Morgan fingerprint density at radius 1 is 1.30 bits per heavy atom. The molecule has 5 heteroatoms. The fraction of sp³-hybridized carbons (Fsp3) is 0.467. The largest absolute Gasteiger partial charge is 0.443 e. The first-order chi connectivity index (χ1) is 9.04. The molecule has 2 amide bonds. The summed E-state index contributed by atoms with van der Waals surface area (Å²) in [5.74, 6) is -0.313. The highest BCUT2D eigenvalue weighted by Gasteiger charge is 2.48. The quantitative estimate of drug-likeness (QED) is 0.715. The Balaban J connectivity index is 2.44. The lowest BCUT2D eigenvalue weighted by molar-refractivity contribution is 0.00937. The van der Waals surface area contributed by atoms with Crippen molar-refractivity contribution in [2.75, 3.05) is 0 Å². The minimum atomic E-state index is -0.724. The molecule has 1 heterocycles. The van der Waals surface area contributed by atoms with E-state index in [0.29, 0.717) is 5.56 Å². The molecule has 0 fully saturated rings. The van der Waals surface area contributed by atoms with E-state index in [9.17, 15) is 9.59 Å². The average molecular weight is 340 g/mol. The van der Waals surface area contributed by atoms with Gasteiger partial charge in [-0.05, 0) is 58.4 Å². The summed E-state index contributed by atoms with van der Waals surface area (Å²) < 4.78 is 6.22. The lowest BCUT2D eigenvalue weighted by Crippen LogP contribution is -2.46. The predicted octanol–water partition coefficient (Wildman–Crippen LogP) is 4.08. The first-order valence-corrected chi connectivity index (χ1v) is 7.21. The molecule has 0 spiro atoms. The topological polar surface area (TPSA) is 46.6 Å². The second kappa shape index (κ2) is 4.58. The number of amides is 2. The van der Waals surface area contributed by atoms with Crippen molar-refractivity contribution >= 4 is 27.9 Å². The molecule has 0 N–H and O–H groups in total. The Kier molecular flexibility index (Phi) is 3.45. The molecule has 108 valence electrons. The van der Waals surface area contributed by atoms with Crippen molar-refractivity contribution in [3.05, 3.63) is 33.8 Å². The van der Waals surface area contributed by atoms with Crippen molar-refractivity contribution in [3.8, 4) is 0 Å². The summed E-state index contributed by atoms with van der Waals surface area (Å²) in [4.78, 5) is 26.0. The number of carbonyl (C=O) groups excluding carboxylic acids is 2. The average Bonchev–Trinajstić information content (AvgIpc) is 2.44. The number of hydrogen-bond donors (Lipinski definition) is 0. The number of imide groups is 1. The number of carbonyl (C=O) groups is 2. The van der Waals surface area contributed by atoms with Crippen LogP contribution in [0.4, 0.5) is 4.79 Å². The van der Waals surface area contributed by atoms with Crippen LogP contribution in [0.1, 0.15) is 50.5 Å². The standard InChI is InChI=1S/C15H18BrNO3/c1-14(2,3)20-13(19)17-12(18)10-7-6-9(16)8-11(10)15(17,4)5/h6-8H,1-5H3. The van der Waals surface area contributed by atoms with E-state index in [2.05, 4.69) is 15.9 Å². The molecule has 0 aliphatic carbocycles. The first kappa shape index (κ1) is 15.0. The van der Waals surface area contributed by atoms with Gasteiger partial charge in [-0.25, -0.2) is 9.69 Å². The Hall–Kier alpha value is -1.36. The molecule has 0 unspecified atom stereocenters. The molecule has 0 saturated heterocycles. The molecular weight excluding hydrogens is 322 g/mol. The molecule has 2 rings (SSSR count). The molecule has 1 aromatic rings. The van der Waals surface area contributed by atoms with Crippen molar-refractivity contribution < 1.29 is 14.3 Å². The van der Waals surface area contributed by atoms with Crippen LogP contribution in [0.3, 0.4) is 0 Å². The van der Waals surface area contributed by atoms with Crippen molar-refractivity contribution in [1.82, 2.24) is 4.90 Å². The Morgan fingerprint density at radius 3 is 2.45 bits per heavy atom. The minimum Gasteiger partial charge on any atom is -0.443 e. The molecular formula is C15H18BrNO3. The molecule has 1 aliphatic rings. The maximum absolute atomic E-state index is 12.5. The SMILES string of the molecule is CC(C)(C)OC(=O)N1C(=O)c2ccc(Br)cc2C1(C)C. The maximum Gasteiger partial charge on any atom is 0.418 e. The fourth-order valence-electron chi connectivity index (χ4n) is 2.32. The summed E-state index contributed by atoms with van der Waals surface area (Å²) in [7, 11) is 0. The van der Waals surface area contributed by atoms with Gasteiger partial charge in [0.1, 0.15) is 5.60 Å². The van der Waals surface area contributed by atoms with Gasteiger partial charge in [0.15, 0.2) is 0 Å². The third kappa shape index (κ3) is 2.46. The zero-order valence-corrected chi connectivity index (χ0v) is 13.9. The Bertz CT molecular complexity index is 587. The highest BCUT2D eigenvalue weighted by molar-refractivity contribution is 9.10. The normalized spacial score (nSPS) is 17.1. The van der Waals surface area contributed by atoms with E-state index in [1.807, 2.05) is 19.9 Å². The van der Waals surface area contributed by atoms with Gasteiger partial charge in [0.05, 0.1) is 5.54 Å². The first-order valence-electron chi connectivity index (χ1n) is 6.41. The molecule has 0 saturated carbocycles. The molecule has 20 heavy (non-hydrogen) atoms. The van der Waals surface area contributed by atoms with E-state index >= 15 is 0 Å². The third-order valence-corrected chi connectivity index (χ3v) is 3.70. The Morgan fingerprint density at radius 2 is 1.90 bits per heavy atom. The summed E-state index contributed by atoms with van der Waals surface area (Å²) in [6, 6.07) is 5.40. The summed E-state index contributed by atoms with van der Waals surface area (Å²) >= 11 is 3.40. The number of hydrogen-bond acceptors (Lipinski definition) is 3. The zero-order chi connectivity index (χ0) is 15.3. The van der Waals surface area contributed by atoms with Gasteiger partial charge in [-0.15, -0.1) is 0 Å². The van der Waals surface area contributed by atoms with Crippen molar-refractivity contribution in [1.29, 1.82) is 0 Å². The van der Waals surface area contributed by atoms with E-state index in [0.717, 1.165) is 10.0 Å². The van der Waals surface area contributed by atoms with Crippen LogP contribution in [-0.2, 0) is 10.3 Å². The van der Waals surface area contributed by atoms with Crippen LogP contribution in [0.5, 0.6) is 0 Å². The second-order valence-electron chi connectivity index (χ2n) is 6.37. The molecule has 0 bridgehead atoms. The number of benzene rings is 1. The summed E-state index contributed by atoms with van der Waals surface area (Å²) in [6.45, 7) is 9.02. The lowest BCUT2D eigenvalue weighted by Gasteiger charge is -2.32. The predicted molar refractivity (Wildman–Crippen MR) is 79.6 cm³/mol. The van der Waals surface area contributed by atoms with E-state index in [1.165, 1.54) is 4.90 Å². The van der Waals surface area contributed by atoms with E-state index < -0.39 is 17.2 Å². The molecule has 1 aliphatic heterocycles. The second-order valence-corrected chi connectivity index (χ2v) is 7.29. The van der Waals surface area contributed by atoms with Crippen LogP contribution in [0.15, 0.2) is 22.7 Å². The third-order valence-electron chi connectivity index (χ3n) is 3.21.